The fourth-order valence-electron chi connectivity index (χ4n) is 1.91. The third-order valence-corrected chi connectivity index (χ3v) is 3.50. The normalized spacial score (nSPS) is 13.0. The molecular weight excluding hydrogens is 270 g/mol. The van der Waals surface area contributed by atoms with E-state index in [-0.39, 0.29) is 6.04 Å². The Morgan fingerprint density at radius 1 is 1.39 bits per heavy atom. The van der Waals surface area contributed by atoms with Gasteiger partial charge in [-0.05, 0) is 42.8 Å². The molecule has 0 aliphatic heterocycles. The molecule has 2 heterocycles. The van der Waals surface area contributed by atoms with Gasteiger partial charge in [-0.2, -0.15) is 0 Å². The average molecular weight is 280 g/mol. The monoisotopic (exact) mass is 279 g/mol. The molecule has 0 spiro atoms. The van der Waals surface area contributed by atoms with Crippen LogP contribution in [0.25, 0.3) is 11.0 Å². The van der Waals surface area contributed by atoms with E-state index in [0.717, 1.165) is 22.4 Å². The van der Waals surface area contributed by atoms with Crippen molar-refractivity contribution in [2.75, 3.05) is 7.05 Å². The van der Waals surface area contributed by atoms with Crippen molar-refractivity contribution in [3.63, 3.8) is 0 Å². The number of nitrogens with one attached hydrogen (secondary N) is 1. The molecule has 3 aromatic rings. The number of nitrogens with zero attached hydrogens (tertiary/aromatic N) is 2. The first kappa shape index (κ1) is 11.6. The van der Waals surface area contributed by atoms with Crippen LogP contribution in [0.1, 0.15) is 17.5 Å². The van der Waals surface area contributed by atoms with Crippen LogP contribution in [-0.2, 0) is 0 Å². The Balaban J connectivity index is 2.07. The second-order valence-electron chi connectivity index (χ2n) is 3.88. The van der Waals surface area contributed by atoms with Crippen LogP contribution in [-0.4, -0.2) is 16.6 Å². The van der Waals surface area contributed by atoms with E-state index < -0.39 is 0 Å². The molecule has 1 aromatic carbocycles. The SMILES string of the molecule is CNC(c1csnn1)c1cc2cc(Cl)ccc2o1. The highest BCUT2D eigenvalue weighted by atomic mass is 35.5. The molecule has 1 atom stereocenters. The number of rotatable bonds is 3. The van der Waals surface area contributed by atoms with Crippen LogP contribution in [0.15, 0.2) is 34.1 Å². The summed E-state index contributed by atoms with van der Waals surface area (Å²) in [5.41, 5.74) is 1.67. The van der Waals surface area contributed by atoms with E-state index >= 15 is 0 Å². The van der Waals surface area contributed by atoms with Gasteiger partial charge in [-0.15, -0.1) is 5.10 Å². The zero-order chi connectivity index (χ0) is 12.5. The van der Waals surface area contributed by atoms with Crippen LogP contribution < -0.4 is 5.32 Å². The van der Waals surface area contributed by atoms with Crippen molar-refractivity contribution >= 4 is 34.1 Å². The molecule has 0 aliphatic carbocycles. The third kappa shape index (κ3) is 2.01. The Kier molecular flexibility index (Phi) is 3.03. The van der Waals surface area contributed by atoms with Gasteiger partial charge in [0, 0.05) is 15.8 Å². The number of benzene rings is 1. The van der Waals surface area contributed by atoms with Crippen molar-refractivity contribution in [2.45, 2.75) is 6.04 Å². The molecule has 1 unspecified atom stereocenters. The number of furan rings is 1. The smallest absolute Gasteiger partial charge is 0.134 e. The molecule has 0 amide bonds. The lowest BCUT2D eigenvalue weighted by Crippen LogP contribution is -2.17. The first-order valence-electron chi connectivity index (χ1n) is 5.41. The van der Waals surface area contributed by atoms with Gasteiger partial charge in [0.2, 0.25) is 0 Å². The molecular formula is C12H10ClN3OS. The largest absolute Gasteiger partial charge is 0.459 e. The summed E-state index contributed by atoms with van der Waals surface area (Å²) in [6, 6.07) is 7.45. The number of hydrogen-bond acceptors (Lipinski definition) is 5. The Morgan fingerprint density at radius 3 is 3.00 bits per heavy atom. The van der Waals surface area contributed by atoms with Gasteiger partial charge in [0.1, 0.15) is 23.1 Å². The van der Waals surface area contributed by atoms with Crippen molar-refractivity contribution in [3.8, 4) is 0 Å². The minimum absolute atomic E-state index is 0.0880. The lowest BCUT2D eigenvalue weighted by atomic mass is 10.1. The van der Waals surface area contributed by atoms with Gasteiger partial charge in [-0.25, -0.2) is 0 Å². The Bertz CT molecular complexity index is 665. The van der Waals surface area contributed by atoms with Crippen LogP contribution in [0.4, 0.5) is 0 Å². The predicted molar refractivity (Wildman–Crippen MR) is 72.0 cm³/mol. The maximum atomic E-state index is 5.96. The number of fused-ring (bicyclic) bond motifs is 1. The summed E-state index contributed by atoms with van der Waals surface area (Å²) in [6.07, 6.45) is 0. The summed E-state index contributed by atoms with van der Waals surface area (Å²) in [5, 5.41) is 10.8. The second-order valence-corrected chi connectivity index (χ2v) is 4.93. The topological polar surface area (TPSA) is 51.0 Å². The van der Waals surface area contributed by atoms with Crippen molar-refractivity contribution in [3.05, 3.63) is 46.1 Å². The highest BCUT2D eigenvalue weighted by Crippen LogP contribution is 2.29. The van der Waals surface area contributed by atoms with Crippen molar-refractivity contribution in [2.24, 2.45) is 0 Å². The number of halogens is 1. The molecule has 1 N–H and O–H groups in total. The molecule has 0 saturated heterocycles. The molecule has 0 radical (unpaired) electrons. The second kappa shape index (κ2) is 4.68. The van der Waals surface area contributed by atoms with Crippen LogP contribution in [0.3, 0.4) is 0 Å². The summed E-state index contributed by atoms with van der Waals surface area (Å²) in [6.45, 7) is 0. The summed E-state index contributed by atoms with van der Waals surface area (Å²) in [7, 11) is 1.87. The number of hydrogen-bond donors (Lipinski definition) is 1. The van der Waals surface area contributed by atoms with Gasteiger partial charge in [0.25, 0.3) is 0 Å². The highest BCUT2D eigenvalue weighted by molar-refractivity contribution is 7.03. The van der Waals surface area contributed by atoms with E-state index in [1.54, 1.807) is 0 Å². The van der Waals surface area contributed by atoms with Crippen LogP contribution in [0, 0.1) is 0 Å². The van der Waals surface area contributed by atoms with E-state index in [4.69, 9.17) is 16.0 Å². The van der Waals surface area contributed by atoms with E-state index in [0.29, 0.717) is 5.02 Å². The minimum atomic E-state index is -0.0880. The first-order chi connectivity index (χ1) is 8.78. The predicted octanol–water partition coefficient (Wildman–Crippen LogP) is 3.25. The fraction of sp³-hybridized carbons (Fsp3) is 0.167. The maximum absolute atomic E-state index is 5.96. The molecule has 18 heavy (non-hydrogen) atoms. The average Bonchev–Trinajstić information content (AvgIpc) is 2.98. The van der Waals surface area contributed by atoms with Crippen molar-refractivity contribution < 1.29 is 4.42 Å². The first-order valence-corrected chi connectivity index (χ1v) is 6.62. The van der Waals surface area contributed by atoms with E-state index in [2.05, 4.69) is 14.9 Å². The number of aromatic nitrogens is 2. The molecule has 0 saturated carbocycles. The van der Waals surface area contributed by atoms with E-state index in [9.17, 15) is 0 Å². The molecule has 0 aliphatic rings. The zero-order valence-electron chi connectivity index (χ0n) is 9.55. The summed E-state index contributed by atoms with van der Waals surface area (Å²) < 4.78 is 9.69. The Labute approximate surface area is 113 Å². The van der Waals surface area contributed by atoms with E-state index in [1.165, 1.54) is 11.5 Å². The van der Waals surface area contributed by atoms with Gasteiger partial charge in [0.05, 0.1) is 0 Å². The summed E-state index contributed by atoms with van der Waals surface area (Å²) in [5.74, 6) is 0.808. The fourth-order valence-corrected chi connectivity index (χ4v) is 2.57. The molecule has 0 bridgehead atoms. The van der Waals surface area contributed by atoms with Gasteiger partial charge >= 0.3 is 0 Å². The summed E-state index contributed by atoms with van der Waals surface area (Å²) >= 11 is 7.29. The third-order valence-electron chi connectivity index (χ3n) is 2.74. The van der Waals surface area contributed by atoms with Gasteiger partial charge in [-0.3, -0.25) is 0 Å². The van der Waals surface area contributed by atoms with Crippen LogP contribution >= 0.6 is 23.1 Å². The van der Waals surface area contributed by atoms with Crippen LogP contribution in [0.2, 0.25) is 5.02 Å². The molecule has 4 nitrogen and oxygen atoms in total. The zero-order valence-corrected chi connectivity index (χ0v) is 11.1. The lowest BCUT2D eigenvalue weighted by Gasteiger charge is -2.09. The standard InChI is InChI=1S/C12H10ClN3OS/c1-14-12(9-6-18-16-15-9)11-5-7-4-8(13)2-3-10(7)17-11/h2-6,12,14H,1H3. The quantitative estimate of drug-likeness (QED) is 0.800. The summed E-state index contributed by atoms with van der Waals surface area (Å²) in [4.78, 5) is 0. The minimum Gasteiger partial charge on any atom is -0.459 e. The van der Waals surface area contributed by atoms with Crippen molar-refractivity contribution in [1.29, 1.82) is 0 Å². The molecule has 3 rings (SSSR count). The molecule has 6 heteroatoms. The highest BCUT2D eigenvalue weighted by Gasteiger charge is 2.19. The van der Waals surface area contributed by atoms with Crippen molar-refractivity contribution in [1.82, 2.24) is 14.9 Å². The molecule has 0 fully saturated rings. The lowest BCUT2D eigenvalue weighted by molar-refractivity contribution is 0.485. The van der Waals surface area contributed by atoms with Crippen LogP contribution in [0.5, 0.6) is 0 Å². The van der Waals surface area contributed by atoms with Gasteiger partial charge in [-0.1, -0.05) is 16.1 Å². The van der Waals surface area contributed by atoms with Gasteiger partial charge in [0.15, 0.2) is 0 Å². The molecule has 92 valence electrons. The van der Waals surface area contributed by atoms with Gasteiger partial charge < -0.3 is 9.73 Å². The van der Waals surface area contributed by atoms with E-state index in [1.807, 2.05) is 36.7 Å². The molecule has 2 aromatic heterocycles. The Hall–Kier alpha value is -1.43. The maximum Gasteiger partial charge on any atom is 0.134 e. The Morgan fingerprint density at radius 2 is 2.28 bits per heavy atom.